The maximum atomic E-state index is 13.3. The van der Waals surface area contributed by atoms with E-state index in [-0.39, 0.29) is 17.2 Å². The van der Waals surface area contributed by atoms with Crippen LogP contribution in [0.5, 0.6) is 5.75 Å². The molecule has 1 aliphatic heterocycles. The van der Waals surface area contributed by atoms with Gasteiger partial charge in [0.25, 0.3) is 0 Å². The van der Waals surface area contributed by atoms with Gasteiger partial charge in [0, 0.05) is 16.4 Å². The second-order valence-corrected chi connectivity index (χ2v) is 8.61. The van der Waals surface area contributed by atoms with Crippen molar-refractivity contribution in [1.29, 1.82) is 0 Å². The predicted octanol–water partition coefficient (Wildman–Crippen LogP) is 5.16. The average molecular weight is 428 g/mol. The number of thioether (sulfide) groups is 1. The van der Waals surface area contributed by atoms with E-state index in [0.717, 1.165) is 33.3 Å². The van der Waals surface area contributed by atoms with Gasteiger partial charge in [-0.25, -0.2) is 0 Å². The molecule has 2 aromatic carbocycles. The molecule has 0 saturated carbocycles. The van der Waals surface area contributed by atoms with Gasteiger partial charge in [-0.15, -0.1) is 0 Å². The molecule has 1 aliphatic rings. The molecule has 2 heterocycles. The molecule has 0 spiro atoms. The molecule has 4 rings (SSSR count). The number of hydrogen-bond donors (Lipinski definition) is 2. The Balaban J connectivity index is 1.67. The van der Waals surface area contributed by atoms with Crippen LogP contribution >= 0.6 is 23.4 Å². The summed E-state index contributed by atoms with van der Waals surface area (Å²) in [5.41, 5.74) is 7.32. The van der Waals surface area contributed by atoms with Crippen LogP contribution in [0, 0.1) is 13.8 Å². The average Bonchev–Trinajstić information content (AvgIpc) is 3.10. The second kappa shape index (κ2) is 8.05. The highest BCUT2D eigenvalue weighted by Gasteiger charge is 2.36. The van der Waals surface area contributed by atoms with Crippen LogP contribution in [0.15, 0.2) is 59.6 Å². The molecule has 2 atom stereocenters. The Labute approximate surface area is 179 Å². The Bertz CT molecular complexity index is 1050. The fourth-order valence-corrected chi connectivity index (χ4v) is 4.78. The van der Waals surface area contributed by atoms with Crippen molar-refractivity contribution in [3.05, 3.63) is 76.4 Å². The molecular formula is C22H22ClN3O2S. The molecular weight excluding hydrogens is 406 g/mol. The molecule has 29 heavy (non-hydrogen) atoms. The van der Waals surface area contributed by atoms with Crippen molar-refractivity contribution >= 4 is 35.0 Å². The number of aryl methyl sites for hydroxylation is 2. The lowest BCUT2D eigenvalue weighted by molar-refractivity contribution is -0.116. The zero-order valence-corrected chi connectivity index (χ0v) is 18.0. The third-order valence-corrected chi connectivity index (χ3v) is 6.59. The predicted molar refractivity (Wildman–Crippen MR) is 119 cm³/mol. The summed E-state index contributed by atoms with van der Waals surface area (Å²) in [4.78, 5) is 13.3. The molecule has 0 bridgehead atoms. The topological polar surface area (TPSA) is 55.3 Å². The number of benzene rings is 2. The van der Waals surface area contributed by atoms with Crippen LogP contribution in [0.3, 0.4) is 0 Å². The lowest BCUT2D eigenvalue weighted by Gasteiger charge is -2.34. The number of carbonyl (C=O) groups is 1. The van der Waals surface area contributed by atoms with Crippen molar-refractivity contribution < 1.29 is 9.53 Å². The second-order valence-electron chi connectivity index (χ2n) is 7.02. The summed E-state index contributed by atoms with van der Waals surface area (Å²) >= 11 is 7.68. The Morgan fingerprint density at radius 1 is 1.14 bits per heavy atom. The molecule has 7 heteroatoms. The van der Waals surface area contributed by atoms with E-state index in [4.69, 9.17) is 16.3 Å². The minimum atomic E-state index is -0.358. The van der Waals surface area contributed by atoms with E-state index in [1.807, 2.05) is 67.1 Å². The number of methoxy groups -OCH3 is 1. The number of rotatable bonds is 4. The van der Waals surface area contributed by atoms with Gasteiger partial charge in [-0.05, 0) is 61.4 Å². The summed E-state index contributed by atoms with van der Waals surface area (Å²) in [6.07, 6.45) is 0. The van der Waals surface area contributed by atoms with E-state index >= 15 is 0 Å². The van der Waals surface area contributed by atoms with Crippen molar-refractivity contribution in [2.75, 3.05) is 17.9 Å². The molecule has 5 nitrogen and oxygen atoms in total. The van der Waals surface area contributed by atoms with Gasteiger partial charge in [0.05, 0.1) is 18.2 Å². The summed E-state index contributed by atoms with van der Waals surface area (Å²) < 4.78 is 7.31. The fraction of sp³-hybridized carbons (Fsp3) is 0.227. The number of amides is 1. The lowest BCUT2D eigenvalue weighted by Crippen LogP contribution is -2.41. The highest BCUT2D eigenvalue weighted by atomic mass is 35.5. The van der Waals surface area contributed by atoms with E-state index in [2.05, 4.69) is 10.7 Å². The Morgan fingerprint density at radius 2 is 1.90 bits per heavy atom. The number of hydrogen-bond acceptors (Lipinski definition) is 4. The third kappa shape index (κ3) is 3.95. The molecule has 0 saturated heterocycles. The van der Waals surface area contributed by atoms with Gasteiger partial charge in [-0.1, -0.05) is 41.6 Å². The number of fused-ring (bicyclic) bond motifs is 1. The van der Waals surface area contributed by atoms with Crippen LogP contribution in [0.2, 0.25) is 5.02 Å². The van der Waals surface area contributed by atoms with E-state index in [9.17, 15) is 4.79 Å². The largest absolute Gasteiger partial charge is 0.497 e. The minimum absolute atomic E-state index is 0.0706. The standard InChI is InChI=1S/C22H22ClN3O2S/c1-13-4-8-16(23)12-18(13)24-22(27)21-20(15-6-9-17(28-3)10-7-15)25-26-14(2)5-11-19(26)29-21/h4-12,20-21,25H,1-3H3,(H,24,27)/t20-,21+/m0/s1. The minimum Gasteiger partial charge on any atom is -0.497 e. The normalized spacial score (nSPS) is 17.9. The Morgan fingerprint density at radius 3 is 2.62 bits per heavy atom. The van der Waals surface area contributed by atoms with Crippen LogP contribution in [-0.4, -0.2) is 22.9 Å². The molecule has 3 aromatic rings. The van der Waals surface area contributed by atoms with Crippen LogP contribution in [0.4, 0.5) is 5.69 Å². The summed E-state index contributed by atoms with van der Waals surface area (Å²) in [6, 6.07) is 17.2. The molecule has 0 aliphatic carbocycles. The van der Waals surface area contributed by atoms with E-state index in [1.165, 1.54) is 0 Å². The van der Waals surface area contributed by atoms with Gasteiger partial charge in [-0.3, -0.25) is 9.47 Å². The summed E-state index contributed by atoms with van der Waals surface area (Å²) in [7, 11) is 1.64. The molecule has 0 fully saturated rings. The first-order valence-electron chi connectivity index (χ1n) is 9.29. The third-order valence-electron chi connectivity index (χ3n) is 5.05. The van der Waals surface area contributed by atoms with Crippen molar-refractivity contribution in [3.63, 3.8) is 0 Å². The first kappa shape index (κ1) is 19.7. The first-order chi connectivity index (χ1) is 14.0. The van der Waals surface area contributed by atoms with E-state index < -0.39 is 0 Å². The highest BCUT2D eigenvalue weighted by Crippen LogP contribution is 2.39. The zero-order valence-electron chi connectivity index (χ0n) is 16.4. The Hall–Kier alpha value is -2.57. The smallest absolute Gasteiger partial charge is 0.240 e. The molecule has 1 aromatic heterocycles. The fourth-order valence-electron chi connectivity index (χ4n) is 3.38. The van der Waals surface area contributed by atoms with Gasteiger partial charge in [0.2, 0.25) is 5.91 Å². The van der Waals surface area contributed by atoms with Gasteiger partial charge in [0.15, 0.2) is 0 Å². The molecule has 150 valence electrons. The van der Waals surface area contributed by atoms with Gasteiger partial charge < -0.3 is 15.5 Å². The number of nitrogens with one attached hydrogen (secondary N) is 2. The zero-order chi connectivity index (χ0) is 20.5. The highest BCUT2D eigenvalue weighted by molar-refractivity contribution is 8.00. The lowest BCUT2D eigenvalue weighted by atomic mass is 10.0. The van der Waals surface area contributed by atoms with Crippen molar-refractivity contribution in [3.8, 4) is 5.75 Å². The van der Waals surface area contributed by atoms with Crippen molar-refractivity contribution in [2.24, 2.45) is 0 Å². The molecule has 2 N–H and O–H groups in total. The maximum Gasteiger partial charge on any atom is 0.240 e. The number of anilines is 1. The molecule has 0 unspecified atom stereocenters. The molecule has 0 radical (unpaired) electrons. The van der Waals surface area contributed by atoms with Gasteiger partial charge >= 0.3 is 0 Å². The summed E-state index contributed by atoms with van der Waals surface area (Å²) in [6.45, 7) is 3.99. The SMILES string of the molecule is COc1ccc([C@@H]2Nn3c(C)ccc3S[C@H]2C(=O)Nc2cc(Cl)ccc2C)cc1. The Kier molecular flexibility index (Phi) is 5.48. The first-order valence-corrected chi connectivity index (χ1v) is 10.5. The number of nitrogens with zero attached hydrogens (tertiary/aromatic N) is 1. The van der Waals surface area contributed by atoms with Crippen molar-refractivity contribution in [1.82, 2.24) is 4.68 Å². The molecule has 1 amide bonds. The number of halogens is 1. The van der Waals surface area contributed by atoms with Crippen LogP contribution in [-0.2, 0) is 4.79 Å². The van der Waals surface area contributed by atoms with E-state index in [1.54, 1.807) is 24.9 Å². The van der Waals surface area contributed by atoms with Gasteiger partial charge in [0.1, 0.15) is 11.0 Å². The van der Waals surface area contributed by atoms with E-state index in [0.29, 0.717) is 5.02 Å². The van der Waals surface area contributed by atoms with Crippen LogP contribution in [0.1, 0.15) is 22.9 Å². The van der Waals surface area contributed by atoms with Crippen LogP contribution < -0.4 is 15.5 Å². The summed E-state index contributed by atoms with van der Waals surface area (Å²) in [5.74, 6) is 0.712. The van der Waals surface area contributed by atoms with Gasteiger partial charge in [-0.2, -0.15) is 0 Å². The monoisotopic (exact) mass is 427 g/mol. The maximum absolute atomic E-state index is 13.3. The quantitative estimate of drug-likeness (QED) is 0.603. The van der Waals surface area contributed by atoms with Crippen molar-refractivity contribution in [2.45, 2.75) is 30.2 Å². The number of ether oxygens (including phenoxy) is 1. The number of aromatic nitrogens is 1. The summed E-state index contributed by atoms with van der Waals surface area (Å²) in [5, 5.41) is 4.31. The van der Waals surface area contributed by atoms with Crippen LogP contribution in [0.25, 0.3) is 0 Å². The number of carbonyl (C=O) groups excluding carboxylic acids is 1.